The maximum Gasteiger partial charge on any atom is 0.324 e. The first-order chi connectivity index (χ1) is 16.4. The third-order valence-electron chi connectivity index (χ3n) is 5.06. The molecule has 0 fully saturated rings. The lowest BCUT2D eigenvalue weighted by Crippen LogP contribution is -2.35. The van der Waals surface area contributed by atoms with Crippen LogP contribution in [0.3, 0.4) is 0 Å². The number of sulfonamides is 1. The van der Waals surface area contributed by atoms with Crippen molar-refractivity contribution in [2.24, 2.45) is 0 Å². The molecule has 4 aromatic rings. The molecular formula is C22H17Cl2N3O6S2. The van der Waals surface area contributed by atoms with E-state index in [9.17, 15) is 26.7 Å². The molecule has 13 heteroatoms. The van der Waals surface area contributed by atoms with Gasteiger partial charge in [0.25, 0.3) is 10.0 Å². The highest BCUT2D eigenvalue weighted by atomic mass is 35.5. The number of sulfone groups is 1. The van der Waals surface area contributed by atoms with Gasteiger partial charge in [-0.3, -0.25) is 9.10 Å². The smallest absolute Gasteiger partial charge is 0.324 e. The maximum atomic E-state index is 13.3. The van der Waals surface area contributed by atoms with Crippen LogP contribution in [-0.4, -0.2) is 50.3 Å². The highest BCUT2D eigenvalue weighted by Gasteiger charge is 2.28. The summed E-state index contributed by atoms with van der Waals surface area (Å²) in [7, 11) is -7.72. The predicted molar refractivity (Wildman–Crippen MR) is 133 cm³/mol. The summed E-state index contributed by atoms with van der Waals surface area (Å²) in [5.41, 5.74) is 0.765. The second-order valence-electron chi connectivity index (χ2n) is 7.56. The van der Waals surface area contributed by atoms with Crippen molar-refractivity contribution in [1.29, 1.82) is 0 Å². The van der Waals surface area contributed by atoms with Gasteiger partial charge in [0.05, 0.1) is 21.0 Å². The van der Waals surface area contributed by atoms with Crippen LogP contribution in [0.5, 0.6) is 0 Å². The number of carboxylic acid groups (broad SMARTS) is 1. The van der Waals surface area contributed by atoms with Gasteiger partial charge >= 0.3 is 5.97 Å². The van der Waals surface area contributed by atoms with E-state index in [1.165, 1.54) is 42.6 Å². The van der Waals surface area contributed by atoms with Crippen LogP contribution in [0, 0.1) is 0 Å². The molecule has 0 saturated carbocycles. The van der Waals surface area contributed by atoms with E-state index in [4.69, 9.17) is 23.2 Å². The van der Waals surface area contributed by atoms with Crippen molar-refractivity contribution in [2.75, 3.05) is 17.1 Å². The Hall–Kier alpha value is -3.12. The number of pyridine rings is 1. The standard InChI is InChI=1S/C22H17Cl2N3O6S2/c1-34(30,31)18-3-5-21(25-12-18)26-7-6-14-8-17(2-4-20(14)26)27(13-22(28)29)35(32,33)19-10-15(23)9-16(24)11-19/h2-12H,13H2,1H3,(H,28,29). The average Bonchev–Trinajstić information content (AvgIpc) is 3.19. The monoisotopic (exact) mass is 553 g/mol. The van der Waals surface area contributed by atoms with Crippen molar-refractivity contribution in [1.82, 2.24) is 9.55 Å². The quantitative estimate of drug-likeness (QED) is 0.366. The topological polar surface area (TPSA) is 127 Å². The number of nitrogens with zero attached hydrogens (tertiary/aromatic N) is 3. The Morgan fingerprint density at radius 3 is 2.23 bits per heavy atom. The summed E-state index contributed by atoms with van der Waals surface area (Å²) >= 11 is 11.9. The van der Waals surface area contributed by atoms with Crippen LogP contribution in [0.25, 0.3) is 16.7 Å². The average molecular weight is 554 g/mol. The molecule has 4 rings (SSSR count). The largest absolute Gasteiger partial charge is 0.480 e. The van der Waals surface area contributed by atoms with Gasteiger partial charge in [-0.1, -0.05) is 23.2 Å². The molecule has 0 bridgehead atoms. The summed E-state index contributed by atoms with van der Waals surface area (Å²) < 4.78 is 52.5. The lowest BCUT2D eigenvalue weighted by molar-refractivity contribution is -0.135. The Balaban J connectivity index is 1.78. The molecule has 2 aromatic heterocycles. The molecule has 0 aliphatic carbocycles. The van der Waals surface area contributed by atoms with Gasteiger partial charge in [-0.2, -0.15) is 0 Å². The Morgan fingerprint density at radius 2 is 1.66 bits per heavy atom. The number of hydrogen-bond donors (Lipinski definition) is 1. The minimum atomic E-state index is -4.32. The second-order valence-corrected chi connectivity index (χ2v) is 12.3. The van der Waals surface area contributed by atoms with Crippen LogP contribution < -0.4 is 4.31 Å². The molecule has 0 aliphatic heterocycles. The number of hydrogen-bond acceptors (Lipinski definition) is 6. The van der Waals surface area contributed by atoms with Crippen LogP contribution in [0.1, 0.15) is 0 Å². The SMILES string of the molecule is CS(=O)(=O)c1ccc(-n2ccc3cc(N(CC(=O)O)S(=O)(=O)c4cc(Cl)cc(Cl)c4)ccc32)nc1. The number of halogens is 2. The lowest BCUT2D eigenvalue weighted by atomic mass is 10.2. The molecule has 35 heavy (non-hydrogen) atoms. The fourth-order valence-corrected chi connectivity index (χ4v) is 6.15. The normalized spacial score (nSPS) is 12.1. The predicted octanol–water partition coefficient (Wildman–Crippen LogP) is 4.02. The summed E-state index contributed by atoms with van der Waals surface area (Å²) in [4.78, 5) is 15.6. The fraction of sp³-hybridized carbons (Fsp3) is 0.0909. The van der Waals surface area contributed by atoms with Gasteiger partial charge in [-0.25, -0.2) is 21.8 Å². The zero-order chi connectivity index (χ0) is 25.5. The number of rotatable bonds is 7. The second kappa shape index (κ2) is 9.15. The van der Waals surface area contributed by atoms with E-state index in [1.807, 2.05) is 0 Å². The van der Waals surface area contributed by atoms with E-state index in [-0.39, 0.29) is 25.5 Å². The third kappa shape index (κ3) is 5.13. The van der Waals surface area contributed by atoms with Gasteiger partial charge in [-0.05, 0) is 54.6 Å². The van der Waals surface area contributed by atoms with Crippen molar-refractivity contribution in [2.45, 2.75) is 9.79 Å². The Kier molecular flexibility index (Phi) is 6.54. The Bertz CT molecular complexity index is 1650. The highest BCUT2D eigenvalue weighted by molar-refractivity contribution is 7.93. The zero-order valence-electron chi connectivity index (χ0n) is 18.0. The van der Waals surface area contributed by atoms with E-state index in [0.29, 0.717) is 16.7 Å². The van der Waals surface area contributed by atoms with E-state index in [2.05, 4.69) is 4.98 Å². The fourth-order valence-electron chi connectivity index (χ4n) is 3.46. The van der Waals surface area contributed by atoms with Gasteiger partial charge in [-0.15, -0.1) is 0 Å². The van der Waals surface area contributed by atoms with E-state index < -0.39 is 32.4 Å². The summed E-state index contributed by atoms with van der Waals surface area (Å²) in [6.45, 7) is -0.826. The van der Waals surface area contributed by atoms with Gasteiger partial charge in [0.2, 0.25) is 0 Å². The summed E-state index contributed by atoms with van der Waals surface area (Å²) in [5.74, 6) is -0.904. The van der Waals surface area contributed by atoms with Crippen LogP contribution in [0.15, 0.2) is 76.8 Å². The van der Waals surface area contributed by atoms with Crippen molar-refractivity contribution in [3.05, 3.63) is 77.0 Å². The number of benzene rings is 2. The van der Waals surface area contributed by atoms with Gasteiger partial charge in [0.1, 0.15) is 12.4 Å². The molecular weight excluding hydrogens is 537 g/mol. The minimum Gasteiger partial charge on any atom is -0.480 e. The molecule has 0 unspecified atom stereocenters. The van der Waals surface area contributed by atoms with E-state index in [1.54, 1.807) is 29.0 Å². The first kappa shape index (κ1) is 25.0. The molecule has 0 radical (unpaired) electrons. The molecule has 2 aromatic carbocycles. The Labute approximate surface area is 211 Å². The van der Waals surface area contributed by atoms with Crippen LogP contribution in [0.2, 0.25) is 10.0 Å². The maximum absolute atomic E-state index is 13.3. The van der Waals surface area contributed by atoms with Crippen LogP contribution in [0.4, 0.5) is 5.69 Å². The lowest BCUT2D eigenvalue weighted by Gasteiger charge is -2.23. The third-order valence-corrected chi connectivity index (χ3v) is 8.35. The van der Waals surface area contributed by atoms with Crippen LogP contribution in [-0.2, 0) is 24.7 Å². The Morgan fingerprint density at radius 1 is 0.971 bits per heavy atom. The molecule has 0 amide bonds. The van der Waals surface area contributed by atoms with E-state index >= 15 is 0 Å². The first-order valence-corrected chi connectivity index (χ1v) is 13.9. The minimum absolute atomic E-state index is 0.0793. The number of carbonyl (C=O) groups is 1. The first-order valence-electron chi connectivity index (χ1n) is 9.84. The molecule has 182 valence electrons. The van der Waals surface area contributed by atoms with Crippen molar-refractivity contribution < 1.29 is 26.7 Å². The number of carboxylic acids is 1. The van der Waals surface area contributed by atoms with Gasteiger partial charge < -0.3 is 9.67 Å². The zero-order valence-corrected chi connectivity index (χ0v) is 21.1. The molecule has 0 spiro atoms. The van der Waals surface area contributed by atoms with Gasteiger partial charge in [0.15, 0.2) is 9.84 Å². The molecule has 1 N–H and O–H groups in total. The van der Waals surface area contributed by atoms with Gasteiger partial charge in [0, 0.05) is 34.1 Å². The number of aromatic nitrogens is 2. The number of fused-ring (bicyclic) bond motifs is 1. The number of anilines is 1. The molecule has 9 nitrogen and oxygen atoms in total. The van der Waals surface area contributed by atoms with Crippen molar-refractivity contribution >= 4 is 65.6 Å². The van der Waals surface area contributed by atoms with Crippen molar-refractivity contribution in [3.63, 3.8) is 0 Å². The van der Waals surface area contributed by atoms with Crippen molar-refractivity contribution in [3.8, 4) is 5.82 Å². The number of aliphatic carboxylic acids is 1. The summed E-state index contributed by atoms with van der Waals surface area (Å²) in [5, 5.41) is 10.2. The van der Waals surface area contributed by atoms with E-state index in [0.717, 1.165) is 10.6 Å². The molecule has 0 saturated heterocycles. The molecule has 2 heterocycles. The summed E-state index contributed by atoms with van der Waals surface area (Å²) in [6.07, 6.45) is 4.02. The molecule has 0 atom stereocenters. The summed E-state index contributed by atoms with van der Waals surface area (Å²) in [6, 6.07) is 13.1. The molecule has 0 aliphatic rings. The van der Waals surface area contributed by atoms with Crippen LogP contribution >= 0.6 is 23.2 Å². The highest BCUT2D eigenvalue weighted by Crippen LogP contribution is 2.31.